The Morgan fingerprint density at radius 3 is 2.63 bits per heavy atom. The molecule has 10 heteroatoms. The first-order valence-corrected chi connectivity index (χ1v) is 12.7. The Hall–Kier alpha value is -3.37. The third-order valence-electron chi connectivity index (χ3n) is 6.13. The molecule has 0 aliphatic carbocycles. The number of anilines is 3. The molecule has 1 fully saturated rings. The normalized spacial score (nSPS) is 18.1. The molecule has 0 saturated carbocycles. The van der Waals surface area contributed by atoms with Crippen LogP contribution in [0.4, 0.5) is 17.3 Å². The first kappa shape index (κ1) is 23.4. The maximum absolute atomic E-state index is 13.5. The molecule has 3 heterocycles. The second kappa shape index (κ2) is 10.5. The molecule has 2 aliphatic heterocycles. The number of nitrogens with zero attached hydrogens (tertiary/aromatic N) is 5. The van der Waals surface area contributed by atoms with Crippen molar-refractivity contribution < 1.29 is 14.3 Å². The number of benzene rings is 2. The number of hydrogen-bond donors (Lipinski definition) is 1. The molecule has 0 radical (unpaired) electrons. The van der Waals surface area contributed by atoms with Gasteiger partial charge >= 0.3 is 0 Å². The molecule has 2 aromatic carbocycles. The van der Waals surface area contributed by atoms with E-state index < -0.39 is 0 Å². The molecule has 1 saturated heterocycles. The van der Waals surface area contributed by atoms with Crippen molar-refractivity contribution in [1.29, 1.82) is 0 Å². The summed E-state index contributed by atoms with van der Waals surface area (Å²) in [4.78, 5) is 29.6. The van der Waals surface area contributed by atoms with E-state index in [0.717, 1.165) is 30.3 Å². The number of carbonyl (C=O) groups is 2. The summed E-state index contributed by atoms with van der Waals surface area (Å²) in [7, 11) is 0. The summed E-state index contributed by atoms with van der Waals surface area (Å²) in [5.74, 6) is 0.804. The average molecular weight is 493 g/mol. The predicted molar refractivity (Wildman–Crippen MR) is 136 cm³/mol. The van der Waals surface area contributed by atoms with E-state index in [1.54, 1.807) is 4.90 Å². The second-order valence-electron chi connectivity index (χ2n) is 8.62. The van der Waals surface area contributed by atoms with Crippen LogP contribution in [-0.2, 0) is 20.9 Å². The van der Waals surface area contributed by atoms with Crippen molar-refractivity contribution in [2.75, 3.05) is 47.2 Å². The highest BCUT2D eigenvalue weighted by Crippen LogP contribution is 2.32. The van der Waals surface area contributed by atoms with Gasteiger partial charge in [-0.15, -0.1) is 10.2 Å². The number of ether oxygens (including phenoxy) is 1. The number of hydrogen-bond acceptors (Lipinski definition) is 7. The number of aromatic nitrogens is 3. The minimum absolute atomic E-state index is 0.0753. The first-order chi connectivity index (χ1) is 17.1. The number of nitrogens with one attached hydrogen (secondary N) is 1. The lowest BCUT2D eigenvalue weighted by molar-refractivity contribution is -0.117. The minimum Gasteiger partial charge on any atom is -0.378 e. The highest BCUT2D eigenvalue weighted by molar-refractivity contribution is 7.99. The average Bonchev–Trinajstić information content (AvgIpc) is 3.21. The largest absolute Gasteiger partial charge is 0.378 e. The lowest BCUT2D eigenvalue weighted by atomic mass is 10.2. The molecule has 0 bridgehead atoms. The van der Waals surface area contributed by atoms with Crippen LogP contribution in [0.25, 0.3) is 0 Å². The van der Waals surface area contributed by atoms with Gasteiger partial charge in [0, 0.05) is 25.6 Å². The molecular weight excluding hydrogens is 464 g/mol. The Morgan fingerprint density at radius 2 is 1.83 bits per heavy atom. The smallest absolute Gasteiger partial charge is 0.237 e. The molecule has 3 aromatic rings. The quantitative estimate of drug-likeness (QED) is 0.529. The molecule has 9 nitrogen and oxygen atoms in total. The zero-order valence-electron chi connectivity index (χ0n) is 19.6. The fourth-order valence-corrected chi connectivity index (χ4v) is 5.25. The van der Waals surface area contributed by atoms with E-state index in [0.29, 0.717) is 30.6 Å². The van der Waals surface area contributed by atoms with Gasteiger partial charge in [0.05, 0.1) is 36.9 Å². The van der Waals surface area contributed by atoms with Gasteiger partial charge in [0.25, 0.3) is 0 Å². The number of carbonyl (C=O) groups excluding carboxylic acids is 2. The van der Waals surface area contributed by atoms with Gasteiger partial charge in [0.2, 0.25) is 17.8 Å². The van der Waals surface area contributed by atoms with Gasteiger partial charge in [-0.05, 0) is 24.6 Å². The van der Waals surface area contributed by atoms with E-state index >= 15 is 0 Å². The summed E-state index contributed by atoms with van der Waals surface area (Å²) in [6.45, 7) is 5.31. The van der Waals surface area contributed by atoms with E-state index in [-0.39, 0.29) is 30.0 Å². The summed E-state index contributed by atoms with van der Waals surface area (Å²) in [5.41, 5.74) is 2.51. The zero-order chi connectivity index (χ0) is 24.2. The molecule has 2 aliphatic rings. The van der Waals surface area contributed by atoms with Crippen LogP contribution in [0.3, 0.4) is 0 Å². The summed E-state index contributed by atoms with van der Waals surface area (Å²) in [6, 6.07) is 17.3. The predicted octanol–water partition coefficient (Wildman–Crippen LogP) is 3.02. The Labute approximate surface area is 208 Å². The number of amides is 2. The summed E-state index contributed by atoms with van der Waals surface area (Å²) >= 11 is 1.37. The van der Waals surface area contributed by atoms with Gasteiger partial charge < -0.3 is 19.9 Å². The second-order valence-corrected chi connectivity index (χ2v) is 9.57. The standard InChI is InChI=1S/C25H28N6O3S/c1-18-15-22(32)26-20-9-5-6-10-21(20)31(18)23(33)17-35-25-28-27-24(29-11-13-34-14-12-29)30(25)16-19-7-3-2-4-8-19/h2-10,18H,11-17H2,1H3,(H,26,32)/t18-/m1/s1. The molecule has 35 heavy (non-hydrogen) atoms. The number of thioether (sulfide) groups is 1. The summed E-state index contributed by atoms with van der Waals surface area (Å²) in [6.07, 6.45) is 0.246. The molecule has 1 atom stereocenters. The number of morpholine rings is 1. The Kier molecular flexibility index (Phi) is 7.01. The van der Waals surface area contributed by atoms with Crippen molar-refractivity contribution in [2.45, 2.75) is 31.1 Å². The summed E-state index contributed by atoms with van der Waals surface area (Å²) < 4.78 is 7.58. The third kappa shape index (κ3) is 5.18. The van der Waals surface area contributed by atoms with E-state index in [1.165, 1.54) is 11.8 Å². The lowest BCUT2D eigenvalue weighted by Crippen LogP contribution is -2.40. The van der Waals surface area contributed by atoms with Crippen LogP contribution in [0.1, 0.15) is 18.9 Å². The molecule has 1 N–H and O–H groups in total. The molecule has 0 spiro atoms. The van der Waals surface area contributed by atoms with Crippen LogP contribution < -0.4 is 15.1 Å². The highest BCUT2D eigenvalue weighted by atomic mass is 32.2. The van der Waals surface area contributed by atoms with E-state index in [1.807, 2.05) is 49.4 Å². The van der Waals surface area contributed by atoms with Crippen molar-refractivity contribution >= 4 is 40.9 Å². The van der Waals surface area contributed by atoms with Crippen LogP contribution in [0.15, 0.2) is 59.8 Å². The number of para-hydroxylation sites is 2. The van der Waals surface area contributed by atoms with Gasteiger partial charge in [0.1, 0.15) is 0 Å². The van der Waals surface area contributed by atoms with Crippen molar-refractivity contribution in [3.05, 3.63) is 60.2 Å². The van der Waals surface area contributed by atoms with Gasteiger partial charge in [-0.3, -0.25) is 14.2 Å². The van der Waals surface area contributed by atoms with Crippen LogP contribution in [0.5, 0.6) is 0 Å². The van der Waals surface area contributed by atoms with Crippen LogP contribution in [0.2, 0.25) is 0 Å². The van der Waals surface area contributed by atoms with E-state index in [9.17, 15) is 9.59 Å². The van der Waals surface area contributed by atoms with Crippen LogP contribution in [0, 0.1) is 0 Å². The minimum atomic E-state index is -0.252. The number of rotatable bonds is 6. The third-order valence-corrected chi connectivity index (χ3v) is 7.08. The fourth-order valence-electron chi connectivity index (χ4n) is 4.45. The van der Waals surface area contributed by atoms with Crippen molar-refractivity contribution in [3.63, 3.8) is 0 Å². The van der Waals surface area contributed by atoms with E-state index in [2.05, 4.69) is 37.1 Å². The van der Waals surface area contributed by atoms with E-state index in [4.69, 9.17) is 4.74 Å². The maximum atomic E-state index is 13.5. The Morgan fingerprint density at radius 1 is 1.09 bits per heavy atom. The maximum Gasteiger partial charge on any atom is 0.237 e. The van der Waals surface area contributed by atoms with Crippen molar-refractivity contribution in [2.24, 2.45) is 0 Å². The van der Waals surface area contributed by atoms with Crippen molar-refractivity contribution in [1.82, 2.24) is 14.8 Å². The summed E-state index contributed by atoms with van der Waals surface area (Å²) in [5, 5.41) is 12.5. The zero-order valence-corrected chi connectivity index (χ0v) is 20.4. The monoisotopic (exact) mass is 492 g/mol. The lowest BCUT2D eigenvalue weighted by Gasteiger charge is -2.28. The molecule has 5 rings (SSSR count). The van der Waals surface area contributed by atoms with Gasteiger partial charge in [-0.2, -0.15) is 0 Å². The molecule has 182 valence electrons. The molecule has 0 unspecified atom stereocenters. The SMILES string of the molecule is C[C@@H]1CC(=O)Nc2ccccc2N1C(=O)CSc1nnc(N2CCOCC2)n1Cc1ccccc1. The molecule has 1 aromatic heterocycles. The van der Waals surface area contributed by atoms with Crippen LogP contribution >= 0.6 is 11.8 Å². The topological polar surface area (TPSA) is 92.6 Å². The van der Waals surface area contributed by atoms with Gasteiger partial charge in [-0.1, -0.05) is 54.2 Å². The highest BCUT2D eigenvalue weighted by Gasteiger charge is 2.30. The van der Waals surface area contributed by atoms with Crippen LogP contribution in [-0.4, -0.2) is 64.7 Å². The molecular formula is C25H28N6O3S. The first-order valence-electron chi connectivity index (χ1n) is 11.7. The van der Waals surface area contributed by atoms with Gasteiger partial charge in [-0.25, -0.2) is 0 Å². The number of fused-ring (bicyclic) bond motifs is 1. The van der Waals surface area contributed by atoms with Crippen molar-refractivity contribution in [3.8, 4) is 0 Å². The fraction of sp³-hybridized carbons (Fsp3) is 0.360. The molecule has 2 amide bonds. The Bertz CT molecular complexity index is 1190. The van der Waals surface area contributed by atoms with Gasteiger partial charge in [0.15, 0.2) is 5.16 Å². The Balaban J connectivity index is 1.38.